The molecule has 1 heterocycles. The largest absolute Gasteiger partial charge is 0.394 e. The van der Waals surface area contributed by atoms with Gasteiger partial charge in [0.15, 0.2) is 0 Å². The molecule has 2 rings (SSSR count). The normalized spacial score (nSPS) is 40.7. The number of rotatable bonds is 3. The highest BCUT2D eigenvalue weighted by Gasteiger charge is 2.39. The van der Waals surface area contributed by atoms with Crippen molar-refractivity contribution in [3.63, 3.8) is 0 Å². The molecule has 0 radical (unpaired) electrons. The first-order valence-electron chi connectivity index (χ1n) is 7.22. The van der Waals surface area contributed by atoms with Gasteiger partial charge < -0.3 is 15.7 Å². The van der Waals surface area contributed by atoms with Gasteiger partial charge in [-0.05, 0) is 38.6 Å². The highest BCUT2D eigenvalue weighted by Crippen LogP contribution is 2.32. The summed E-state index contributed by atoms with van der Waals surface area (Å²) in [4.78, 5) is 12.3. The molecule has 1 saturated carbocycles. The van der Waals surface area contributed by atoms with E-state index in [1.807, 2.05) is 0 Å². The number of carbonyl (C=O) groups is 1. The van der Waals surface area contributed by atoms with Crippen LogP contribution in [0.15, 0.2) is 0 Å². The van der Waals surface area contributed by atoms with E-state index in [0.29, 0.717) is 5.92 Å². The third kappa shape index (κ3) is 2.86. The topological polar surface area (TPSA) is 61.4 Å². The van der Waals surface area contributed by atoms with Crippen molar-refractivity contribution >= 4 is 5.91 Å². The van der Waals surface area contributed by atoms with Gasteiger partial charge in [-0.3, -0.25) is 4.79 Å². The Labute approximate surface area is 110 Å². The molecule has 1 amide bonds. The number of hydrogen-bond acceptors (Lipinski definition) is 3. The minimum Gasteiger partial charge on any atom is -0.394 e. The van der Waals surface area contributed by atoms with E-state index in [1.165, 1.54) is 6.42 Å². The van der Waals surface area contributed by atoms with Crippen molar-refractivity contribution in [3.05, 3.63) is 0 Å². The molecule has 104 valence electrons. The highest BCUT2D eigenvalue weighted by molar-refractivity contribution is 5.80. The van der Waals surface area contributed by atoms with E-state index in [2.05, 4.69) is 24.5 Å². The zero-order chi connectivity index (χ0) is 13.2. The van der Waals surface area contributed by atoms with E-state index in [0.717, 1.165) is 32.2 Å². The molecule has 4 atom stereocenters. The zero-order valence-electron chi connectivity index (χ0n) is 11.5. The molecule has 0 aromatic heterocycles. The number of carbonyl (C=O) groups excluding carboxylic acids is 1. The van der Waals surface area contributed by atoms with Crippen molar-refractivity contribution in [2.75, 3.05) is 13.2 Å². The van der Waals surface area contributed by atoms with E-state index in [9.17, 15) is 9.90 Å². The SMILES string of the molecule is CC1CCCC(CO)(NC(=O)C2CCNC2C)C1. The van der Waals surface area contributed by atoms with E-state index in [-0.39, 0.29) is 30.0 Å². The first-order chi connectivity index (χ1) is 8.56. The summed E-state index contributed by atoms with van der Waals surface area (Å²) in [5.41, 5.74) is -0.364. The predicted octanol–water partition coefficient (Wildman–Crippen LogP) is 1.04. The zero-order valence-corrected chi connectivity index (χ0v) is 11.5. The summed E-state index contributed by atoms with van der Waals surface area (Å²) in [6.07, 6.45) is 5.03. The average Bonchev–Trinajstić information content (AvgIpc) is 2.75. The van der Waals surface area contributed by atoms with Gasteiger partial charge in [0.1, 0.15) is 0 Å². The van der Waals surface area contributed by atoms with Gasteiger partial charge in [-0.1, -0.05) is 19.8 Å². The van der Waals surface area contributed by atoms with Crippen LogP contribution in [0, 0.1) is 11.8 Å². The molecule has 0 aromatic rings. The number of hydrogen-bond donors (Lipinski definition) is 3. The van der Waals surface area contributed by atoms with Crippen molar-refractivity contribution in [1.29, 1.82) is 0 Å². The number of nitrogens with one attached hydrogen (secondary N) is 2. The summed E-state index contributed by atoms with van der Waals surface area (Å²) in [6.45, 7) is 5.25. The molecule has 0 bridgehead atoms. The van der Waals surface area contributed by atoms with Crippen molar-refractivity contribution < 1.29 is 9.90 Å². The fourth-order valence-electron chi connectivity index (χ4n) is 3.53. The summed E-state index contributed by atoms with van der Waals surface area (Å²) in [5.74, 6) is 0.770. The molecule has 2 aliphatic rings. The van der Waals surface area contributed by atoms with Gasteiger partial charge in [0.25, 0.3) is 0 Å². The first-order valence-corrected chi connectivity index (χ1v) is 7.22. The van der Waals surface area contributed by atoms with Gasteiger partial charge in [-0.2, -0.15) is 0 Å². The van der Waals surface area contributed by atoms with Crippen LogP contribution in [0.2, 0.25) is 0 Å². The van der Waals surface area contributed by atoms with Crippen LogP contribution in [0.3, 0.4) is 0 Å². The first kappa shape index (κ1) is 13.8. The lowest BCUT2D eigenvalue weighted by molar-refractivity contribution is -0.128. The standard InChI is InChI=1S/C14H26N2O2/c1-10-4-3-6-14(8-10,9-17)16-13(18)12-5-7-15-11(12)2/h10-12,15,17H,3-9H2,1-2H3,(H,16,18). The maximum atomic E-state index is 12.3. The Hall–Kier alpha value is -0.610. The highest BCUT2D eigenvalue weighted by atomic mass is 16.3. The number of amides is 1. The summed E-state index contributed by atoms with van der Waals surface area (Å²) in [5, 5.41) is 16.1. The van der Waals surface area contributed by atoms with Crippen molar-refractivity contribution in [3.8, 4) is 0 Å². The lowest BCUT2D eigenvalue weighted by Gasteiger charge is -2.40. The Morgan fingerprint density at radius 1 is 1.44 bits per heavy atom. The number of aliphatic hydroxyl groups is 1. The van der Waals surface area contributed by atoms with Crippen LogP contribution >= 0.6 is 0 Å². The molecule has 18 heavy (non-hydrogen) atoms. The Balaban J connectivity index is 1.99. The van der Waals surface area contributed by atoms with Crippen LogP contribution in [0.4, 0.5) is 0 Å². The maximum Gasteiger partial charge on any atom is 0.225 e. The molecule has 0 aromatic carbocycles. The molecular formula is C14H26N2O2. The van der Waals surface area contributed by atoms with Crippen LogP contribution in [-0.4, -0.2) is 35.7 Å². The Bertz CT molecular complexity index is 308. The molecule has 4 unspecified atom stereocenters. The van der Waals surface area contributed by atoms with Crippen LogP contribution in [0.1, 0.15) is 46.0 Å². The van der Waals surface area contributed by atoms with Crippen LogP contribution in [0.25, 0.3) is 0 Å². The second kappa shape index (κ2) is 5.57. The molecule has 2 fully saturated rings. The van der Waals surface area contributed by atoms with Gasteiger partial charge in [0, 0.05) is 6.04 Å². The van der Waals surface area contributed by atoms with Crippen molar-refractivity contribution in [2.24, 2.45) is 11.8 Å². The van der Waals surface area contributed by atoms with Gasteiger partial charge in [0.05, 0.1) is 18.1 Å². The smallest absolute Gasteiger partial charge is 0.225 e. The molecule has 1 aliphatic carbocycles. The van der Waals surface area contributed by atoms with E-state index < -0.39 is 0 Å². The summed E-state index contributed by atoms with van der Waals surface area (Å²) in [6, 6.07) is 0.252. The second-order valence-corrected chi connectivity index (χ2v) is 6.27. The molecule has 3 N–H and O–H groups in total. The number of aliphatic hydroxyl groups excluding tert-OH is 1. The molecular weight excluding hydrogens is 228 g/mol. The minimum absolute atomic E-state index is 0.0608. The third-order valence-corrected chi connectivity index (χ3v) is 4.64. The van der Waals surface area contributed by atoms with Crippen molar-refractivity contribution in [2.45, 2.75) is 57.5 Å². The van der Waals surface area contributed by atoms with Gasteiger partial charge >= 0.3 is 0 Å². The molecule has 1 saturated heterocycles. The lowest BCUT2D eigenvalue weighted by Crippen LogP contribution is -2.56. The Morgan fingerprint density at radius 2 is 2.22 bits per heavy atom. The molecule has 4 heteroatoms. The Kier molecular flexibility index (Phi) is 4.28. The quantitative estimate of drug-likeness (QED) is 0.705. The van der Waals surface area contributed by atoms with E-state index in [4.69, 9.17) is 0 Å². The van der Waals surface area contributed by atoms with E-state index in [1.54, 1.807) is 0 Å². The van der Waals surface area contributed by atoms with Gasteiger partial charge in [-0.15, -0.1) is 0 Å². The summed E-state index contributed by atoms with van der Waals surface area (Å²) < 4.78 is 0. The van der Waals surface area contributed by atoms with E-state index >= 15 is 0 Å². The molecule has 4 nitrogen and oxygen atoms in total. The maximum absolute atomic E-state index is 12.3. The Morgan fingerprint density at radius 3 is 2.78 bits per heavy atom. The van der Waals surface area contributed by atoms with Gasteiger partial charge in [0.2, 0.25) is 5.91 Å². The van der Waals surface area contributed by atoms with Crippen LogP contribution in [0.5, 0.6) is 0 Å². The lowest BCUT2D eigenvalue weighted by atomic mass is 9.76. The van der Waals surface area contributed by atoms with Gasteiger partial charge in [-0.25, -0.2) is 0 Å². The molecule has 1 aliphatic heterocycles. The molecule has 0 spiro atoms. The van der Waals surface area contributed by atoms with Crippen LogP contribution in [-0.2, 0) is 4.79 Å². The third-order valence-electron chi connectivity index (χ3n) is 4.64. The fourth-order valence-corrected chi connectivity index (χ4v) is 3.53. The predicted molar refractivity (Wildman–Crippen MR) is 71.2 cm³/mol. The fraction of sp³-hybridized carbons (Fsp3) is 0.929. The van der Waals surface area contributed by atoms with Crippen molar-refractivity contribution in [1.82, 2.24) is 10.6 Å². The summed E-state index contributed by atoms with van der Waals surface area (Å²) >= 11 is 0. The average molecular weight is 254 g/mol. The van der Waals surface area contributed by atoms with Crippen LogP contribution < -0.4 is 10.6 Å². The monoisotopic (exact) mass is 254 g/mol. The summed E-state index contributed by atoms with van der Waals surface area (Å²) in [7, 11) is 0. The minimum atomic E-state index is -0.364. The second-order valence-electron chi connectivity index (χ2n) is 6.27.